The molecule has 2 rings (SSSR count). The van der Waals surface area contributed by atoms with Gasteiger partial charge in [-0.25, -0.2) is 4.79 Å². The summed E-state index contributed by atoms with van der Waals surface area (Å²) < 4.78 is 0. The highest BCUT2D eigenvalue weighted by molar-refractivity contribution is 5.99. The summed E-state index contributed by atoms with van der Waals surface area (Å²) in [5.74, 6) is -1.05. The highest BCUT2D eigenvalue weighted by Crippen LogP contribution is 2.31. The van der Waals surface area contributed by atoms with Crippen LogP contribution in [-0.2, 0) is 11.2 Å². The van der Waals surface area contributed by atoms with E-state index < -0.39 is 5.97 Å². The number of carbonyl (C=O) groups is 2. The van der Waals surface area contributed by atoms with Gasteiger partial charge in [-0.2, -0.15) is 0 Å². The Morgan fingerprint density at radius 2 is 2.20 bits per heavy atom. The fraction of sp³-hybridized carbons (Fsp3) is 0.467. The number of nitrogens with zero attached hydrogens (tertiary/aromatic N) is 1. The van der Waals surface area contributed by atoms with Crippen molar-refractivity contribution in [2.24, 2.45) is 11.7 Å². The molecular formula is C15H20N2O3. The second kappa shape index (κ2) is 6.05. The van der Waals surface area contributed by atoms with Crippen molar-refractivity contribution in [3.63, 3.8) is 0 Å². The van der Waals surface area contributed by atoms with E-state index in [-0.39, 0.29) is 11.8 Å². The summed E-state index contributed by atoms with van der Waals surface area (Å²) in [5, 5.41) is 9.24. The predicted octanol–water partition coefficient (Wildman–Crippen LogP) is 1.65. The van der Waals surface area contributed by atoms with Crippen LogP contribution in [0.5, 0.6) is 0 Å². The normalized spacial score (nSPS) is 15.6. The molecule has 1 atom stereocenters. The van der Waals surface area contributed by atoms with Crippen LogP contribution >= 0.6 is 0 Å². The van der Waals surface area contributed by atoms with E-state index in [1.165, 1.54) is 0 Å². The minimum absolute atomic E-state index is 0.0268. The number of carboxylic acid groups (broad SMARTS) is 1. The van der Waals surface area contributed by atoms with E-state index in [1.807, 2.05) is 13.0 Å². The van der Waals surface area contributed by atoms with Crippen LogP contribution in [0.2, 0.25) is 0 Å². The summed E-state index contributed by atoms with van der Waals surface area (Å²) in [6.45, 7) is 2.98. The Morgan fingerprint density at radius 3 is 2.85 bits per heavy atom. The average Bonchev–Trinajstić information content (AvgIpc) is 2.45. The summed E-state index contributed by atoms with van der Waals surface area (Å²) in [5.41, 5.74) is 7.31. The predicted molar refractivity (Wildman–Crippen MR) is 76.9 cm³/mol. The van der Waals surface area contributed by atoms with Gasteiger partial charge < -0.3 is 15.7 Å². The second-order valence-corrected chi connectivity index (χ2v) is 5.18. The molecule has 0 saturated heterocycles. The van der Waals surface area contributed by atoms with Crippen LogP contribution in [0.4, 0.5) is 5.69 Å². The van der Waals surface area contributed by atoms with Crippen molar-refractivity contribution in [2.75, 3.05) is 18.0 Å². The standard InChI is InChI=1S/C15H20N2O3/c1-10(7-8-16)14(18)17-9-3-5-11-12(15(19)20)4-2-6-13(11)17/h2,4,6,10H,3,5,7-9,16H2,1H3,(H,19,20). The fourth-order valence-corrected chi connectivity index (χ4v) is 2.69. The lowest BCUT2D eigenvalue weighted by atomic mass is 9.94. The maximum atomic E-state index is 12.5. The molecule has 3 N–H and O–H groups in total. The lowest BCUT2D eigenvalue weighted by molar-refractivity contribution is -0.122. The van der Waals surface area contributed by atoms with Gasteiger partial charge in [0.2, 0.25) is 5.91 Å². The van der Waals surface area contributed by atoms with E-state index in [0.29, 0.717) is 31.5 Å². The van der Waals surface area contributed by atoms with E-state index in [9.17, 15) is 14.7 Å². The average molecular weight is 276 g/mol. The molecular weight excluding hydrogens is 256 g/mol. The summed E-state index contributed by atoms with van der Waals surface area (Å²) in [4.78, 5) is 25.4. The van der Waals surface area contributed by atoms with Gasteiger partial charge in [-0.1, -0.05) is 13.0 Å². The number of carbonyl (C=O) groups excluding carboxylic acids is 1. The lowest BCUT2D eigenvalue weighted by Gasteiger charge is -2.32. The SMILES string of the molecule is CC(CCN)C(=O)N1CCCc2c(C(=O)O)cccc21. The minimum atomic E-state index is -0.939. The third kappa shape index (κ3) is 2.67. The first-order valence-corrected chi connectivity index (χ1v) is 6.93. The van der Waals surface area contributed by atoms with Gasteiger partial charge in [0.15, 0.2) is 0 Å². The molecule has 0 spiro atoms. The van der Waals surface area contributed by atoms with Crippen molar-refractivity contribution < 1.29 is 14.7 Å². The number of nitrogens with two attached hydrogens (primary N) is 1. The molecule has 0 saturated carbocycles. The lowest BCUT2D eigenvalue weighted by Crippen LogP contribution is -2.39. The molecule has 0 bridgehead atoms. The molecule has 1 aromatic rings. The van der Waals surface area contributed by atoms with Crippen LogP contribution in [0.15, 0.2) is 18.2 Å². The summed E-state index contributed by atoms with van der Waals surface area (Å²) in [6, 6.07) is 5.12. The molecule has 20 heavy (non-hydrogen) atoms. The van der Waals surface area contributed by atoms with Crippen LogP contribution < -0.4 is 10.6 Å². The maximum absolute atomic E-state index is 12.5. The molecule has 1 aliphatic rings. The number of benzene rings is 1. The molecule has 1 aliphatic heterocycles. The molecule has 5 heteroatoms. The minimum Gasteiger partial charge on any atom is -0.478 e. The summed E-state index contributed by atoms with van der Waals surface area (Å²) in [7, 11) is 0. The zero-order valence-electron chi connectivity index (χ0n) is 11.6. The summed E-state index contributed by atoms with van der Waals surface area (Å²) >= 11 is 0. The number of hydrogen-bond acceptors (Lipinski definition) is 3. The Balaban J connectivity index is 2.36. The Bertz CT molecular complexity index is 528. The van der Waals surface area contributed by atoms with Crippen molar-refractivity contribution in [1.29, 1.82) is 0 Å². The number of amides is 1. The largest absolute Gasteiger partial charge is 0.478 e. The Kier molecular flexibility index (Phi) is 4.39. The fourth-order valence-electron chi connectivity index (χ4n) is 2.69. The van der Waals surface area contributed by atoms with Crippen molar-refractivity contribution in [3.8, 4) is 0 Å². The Labute approximate surface area is 118 Å². The second-order valence-electron chi connectivity index (χ2n) is 5.18. The maximum Gasteiger partial charge on any atom is 0.336 e. The number of rotatable bonds is 4. The molecule has 0 radical (unpaired) electrons. The van der Waals surface area contributed by atoms with Gasteiger partial charge in [-0.05, 0) is 43.5 Å². The highest BCUT2D eigenvalue weighted by atomic mass is 16.4. The monoisotopic (exact) mass is 276 g/mol. The first kappa shape index (κ1) is 14.5. The zero-order valence-corrected chi connectivity index (χ0v) is 11.6. The first-order chi connectivity index (χ1) is 9.56. The van der Waals surface area contributed by atoms with Gasteiger partial charge in [-0.3, -0.25) is 4.79 Å². The summed E-state index contributed by atoms with van der Waals surface area (Å²) in [6.07, 6.45) is 2.13. The quantitative estimate of drug-likeness (QED) is 0.875. The van der Waals surface area contributed by atoms with Crippen molar-refractivity contribution >= 4 is 17.6 Å². The van der Waals surface area contributed by atoms with Gasteiger partial charge in [0.1, 0.15) is 0 Å². The molecule has 0 fully saturated rings. The Morgan fingerprint density at radius 1 is 1.45 bits per heavy atom. The molecule has 108 valence electrons. The van der Waals surface area contributed by atoms with Crippen LogP contribution in [0.25, 0.3) is 0 Å². The van der Waals surface area contributed by atoms with Gasteiger partial charge in [0.05, 0.1) is 5.56 Å². The van der Waals surface area contributed by atoms with Crippen LogP contribution in [0.3, 0.4) is 0 Å². The van der Waals surface area contributed by atoms with Crippen molar-refractivity contribution in [2.45, 2.75) is 26.2 Å². The molecule has 1 heterocycles. The highest BCUT2D eigenvalue weighted by Gasteiger charge is 2.28. The van der Waals surface area contributed by atoms with Crippen molar-refractivity contribution in [3.05, 3.63) is 29.3 Å². The number of aromatic carboxylic acids is 1. The van der Waals surface area contributed by atoms with E-state index in [2.05, 4.69) is 0 Å². The van der Waals surface area contributed by atoms with Gasteiger partial charge in [0, 0.05) is 18.2 Å². The van der Waals surface area contributed by atoms with Crippen LogP contribution in [-0.4, -0.2) is 30.1 Å². The van der Waals surface area contributed by atoms with E-state index in [4.69, 9.17) is 5.73 Å². The molecule has 1 unspecified atom stereocenters. The zero-order chi connectivity index (χ0) is 14.7. The van der Waals surface area contributed by atoms with Crippen molar-refractivity contribution in [1.82, 2.24) is 0 Å². The first-order valence-electron chi connectivity index (χ1n) is 6.93. The molecule has 1 amide bonds. The third-order valence-electron chi connectivity index (χ3n) is 3.77. The molecule has 0 aromatic heterocycles. The van der Waals surface area contributed by atoms with Crippen LogP contribution in [0.1, 0.15) is 35.7 Å². The molecule has 0 aliphatic carbocycles. The Hall–Kier alpha value is -1.88. The molecule has 5 nitrogen and oxygen atoms in total. The van der Waals surface area contributed by atoms with Gasteiger partial charge in [0.25, 0.3) is 0 Å². The van der Waals surface area contributed by atoms with Gasteiger partial charge in [-0.15, -0.1) is 0 Å². The topological polar surface area (TPSA) is 83.6 Å². The number of carboxylic acids is 1. The smallest absolute Gasteiger partial charge is 0.336 e. The van der Waals surface area contributed by atoms with Gasteiger partial charge >= 0.3 is 5.97 Å². The number of hydrogen-bond donors (Lipinski definition) is 2. The van der Waals surface area contributed by atoms with E-state index in [1.54, 1.807) is 17.0 Å². The third-order valence-corrected chi connectivity index (χ3v) is 3.77. The number of fused-ring (bicyclic) bond motifs is 1. The number of anilines is 1. The van der Waals surface area contributed by atoms with Crippen LogP contribution in [0, 0.1) is 5.92 Å². The molecule has 1 aromatic carbocycles. The van der Waals surface area contributed by atoms with E-state index >= 15 is 0 Å². The van der Waals surface area contributed by atoms with E-state index in [0.717, 1.165) is 17.7 Å².